The van der Waals surface area contributed by atoms with Crippen molar-refractivity contribution in [1.29, 1.82) is 0 Å². The van der Waals surface area contributed by atoms with Crippen LogP contribution in [0.15, 0.2) is 0 Å². The lowest BCUT2D eigenvalue weighted by Gasteiger charge is -2.23. The van der Waals surface area contributed by atoms with Crippen LogP contribution in [0.2, 0.25) is 0 Å². The first-order chi connectivity index (χ1) is 6.33. The molecule has 2 N–H and O–H groups in total. The van der Waals surface area contributed by atoms with Gasteiger partial charge in [0.15, 0.2) is 0 Å². The first kappa shape index (κ1) is 10.8. The van der Waals surface area contributed by atoms with Crippen LogP contribution in [0.1, 0.15) is 0 Å². The minimum absolute atomic E-state index is 0.0971. The molecule has 0 saturated carbocycles. The van der Waals surface area contributed by atoms with Gasteiger partial charge in [0.1, 0.15) is 0 Å². The molecular formula is C8H16N2O2S. The highest BCUT2D eigenvalue weighted by Gasteiger charge is 2.13. The van der Waals surface area contributed by atoms with E-state index in [1.54, 1.807) is 0 Å². The molecule has 0 aliphatic carbocycles. The molecule has 1 heterocycles. The average molecular weight is 204 g/mol. The summed E-state index contributed by atoms with van der Waals surface area (Å²) in [5.74, 6) is 0.632. The van der Waals surface area contributed by atoms with Crippen LogP contribution in [0.5, 0.6) is 0 Å². The summed E-state index contributed by atoms with van der Waals surface area (Å²) in [5.41, 5.74) is 0. The second-order valence-electron chi connectivity index (χ2n) is 2.96. The Morgan fingerprint density at radius 1 is 1.77 bits per heavy atom. The molecule has 1 atom stereocenters. The van der Waals surface area contributed by atoms with Crippen molar-refractivity contribution in [3.8, 4) is 0 Å². The SMILES string of the molecule is CSCC(=O)NCC1COCCN1. The quantitative estimate of drug-likeness (QED) is 0.645. The van der Waals surface area contributed by atoms with Crippen molar-refractivity contribution in [3.63, 3.8) is 0 Å². The van der Waals surface area contributed by atoms with Gasteiger partial charge >= 0.3 is 0 Å². The van der Waals surface area contributed by atoms with Crippen LogP contribution in [0.3, 0.4) is 0 Å². The third-order valence-corrected chi connectivity index (χ3v) is 2.37. The Hall–Kier alpha value is -0.260. The van der Waals surface area contributed by atoms with E-state index in [0.717, 1.165) is 13.2 Å². The lowest BCUT2D eigenvalue weighted by atomic mass is 10.3. The molecule has 1 amide bonds. The lowest BCUT2D eigenvalue weighted by molar-refractivity contribution is -0.118. The third-order valence-electron chi connectivity index (χ3n) is 1.82. The van der Waals surface area contributed by atoms with Crippen LogP contribution in [0.4, 0.5) is 0 Å². The summed E-state index contributed by atoms with van der Waals surface area (Å²) in [6.45, 7) is 3.01. The van der Waals surface area contributed by atoms with Crippen molar-refractivity contribution < 1.29 is 9.53 Å². The van der Waals surface area contributed by atoms with Gasteiger partial charge in [-0.05, 0) is 6.26 Å². The van der Waals surface area contributed by atoms with Crippen LogP contribution < -0.4 is 10.6 Å². The molecule has 0 aromatic carbocycles. The Labute approximate surface area is 82.8 Å². The molecule has 13 heavy (non-hydrogen) atoms. The molecule has 76 valence electrons. The van der Waals surface area contributed by atoms with Gasteiger partial charge in [-0.25, -0.2) is 0 Å². The van der Waals surface area contributed by atoms with Gasteiger partial charge in [-0.3, -0.25) is 4.79 Å². The molecular weight excluding hydrogens is 188 g/mol. The first-order valence-corrected chi connectivity index (χ1v) is 5.79. The molecule has 0 aromatic rings. The topological polar surface area (TPSA) is 50.4 Å². The van der Waals surface area contributed by atoms with Crippen molar-refractivity contribution in [3.05, 3.63) is 0 Å². The van der Waals surface area contributed by atoms with Crippen LogP contribution >= 0.6 is 11.8 Å². The summed E-state index contributed by atoms with van der Waals surface area (Å²) < 4.78 is 5.26. The standard InChI is InChI=1S/C8H16N2O2S/c1-13-6-8(11)10-4-7-5-12-3-2-9-7/h7,9H,2-6H2,1H3,(H,10,11). The summed E-state index contributed by atoms with van der Waals surface area (Å²) in [7, 11) is 0. The molecule has 4 nitrogen and oxygen atoms in total. The van der Waals surface area contributed by atoms with Gasteiger partial charge in [-0.1, -0.05) is 0 Å². The smallest absolute Gasteiger partial charge is 0.230 e. The molecule has 0 aromatic heterocycles. The summed E-state index contributed by atoms with van der Waals surface area (Å²) in [6, 6.07) is 0.277. The number of carbonyl (C=O) groups is 1. The molecule has 0 radical (unpaired) electrons. The van der Waals surface area contributed by atoms with Gasteiger partial charge in [0, 0.05) is 19.1 Å². The lowest BCUT2D eigenvalue weighted by Crippen LogP contribution is -2.48. The predicted octanol–water partition coefficient (Wildman–Crippen LogP) is -0.546. The zero-order valence-electron chi connectivity index (χ0n) is 7.84. The Bertz CT molecular complexity index is 160. The fourth-order valence-corrected chi connectivity index (χ4v) is 1.53. The molecule has 5 heteroatoms. The summed E-state index contributed by atoms with van der Waals surface area (Å²) in [5, 5.41) is 6.12. The molecule has 1 fully saturated rings. The first-order valence-electron chi connectivity index (χ1n) is 4.39. The largest absolute Gasteiger partial charge is 0.378 e. The van der Waals surface area contributed by atoms with E-state index in [9.17, 15) is 4.79 Å². The number of thioether (sulfide) groups is 1. The zero-order valence-corrected chi connectivity index (χ0v) is 8.65. The summed E-state index contributed by atoms with van der Waals surface area (Å²) >= 11 is 1.53. The molecule has 0 spiro atoms. The molecule has 1 aliphatic rings. The van der Waals surface area contributed by atoms with Crippen LogP contribution in [0.25, 0.3) is 0 Å². The van der Waals surface area contributed by atoms with Gasteiger partial charge in [-0.15, -0.1) is 0 Å². The third kappa shape index (κ3) is 4.50. The average Bonchev–Trinajstić information content (AvgIpc) is 2.17. The van der Waals surface area contributed by atoms with Gasteiger partial charge in [0.25, 0.3) is 0 Å². The van der Waals surface area contributed by atoms with Crippen LogP contribution in [-0.4, -0.2) is 50.3 Å². The Kier molecular flexibility index (Phi) is 5.19. The van der Waals surface area contributed by atoms with Crippen molar-refractivity contribution in [2.45, 2.75) is 6.04 Å². The zero-order chi connectivity index (χ0) is 9.52. The second kappa shape index (κ2) is 6.23. The monoisotopic (exact) mass is 204 g/mol. The number of hydrogen-bond acceptors (Lipinski definition) is 4. The second-order valence-corrected chi connectivity index (χ2v) is 3.83. The maximum absolute atomic E-state index is 11.1. The van der Waals surface area contributed by atoms with Gasteiger partial charge < -0.3 is 15.4 Å². The highest BCUT2D eigenvalue weighted by Crippen LogP contribution is 1.93. The Balaban J connectivity index is 2.06. The van der Waals surface area contributed by atoms with E-state index in [2.05, 4.69) is 10.6 Å². The number of carbonyl (C=O) groups excluding carboxylic acids is 1. The van der Waals surface area contributed by atoms with Gasteiger partial charge in [-0.2, -0.15) is 11.8 Å². The maximum Gasteiger partial charge on any atom is 0.230 e. The Morgan fingerprint density at radius 2 is 2.62 bits per heavy atom. The molecule has 0 bridgehead atoms. The number of morpholine rings is 1. The maximum atomic E-state index is 11.1. The van der Waals surface area contributed by atoms with Crippen molar-refractivity contribution in [1.82, 2.24) is 10.6 Å². The number of ether oxygens (including phenoxy) is 1. The van der Waals surface area contributed by atoms with Crippen molar-refractivity contribution in [2.75, 3.05) is 38.3 Å². The van der Waals surface area contributed by atoms with E-state index in [4.69, 9.17) is 4.74 Å². The minimum atomic E-state index is 0.0971. The molecule has 1 unspecified atom stereocenters. The van der Waals surface area contributed by atoms with E-state index >= 15 is 0 Å². The fourth-order valence-electron chi connectivity index (χ4n) is 1.17. The van der Waals surface area contributed by atoms with Crippen LogP contribution in [0, 0.1) is 0 Å². The predicted molar refractivity (Wildman–Crippen MR) is 54.0 cm³/mol. The number of nitrogens with one attached hydrogen (secondary N) is 2. The van der Waals surface area contributed by atoms with Crippen molar-refractivity contribution >= 4 is 17.7 Å². The Morgan fingerprint density at radius 3 is 3.23 bits per heavy atom. The van der Waals surface area contributed by atoms with E-state index in [-0.39, 0.29) is 11.9 Å². The molecule has 1 rings (SSSR count). The van der Waals surface area contributed by atoms with Gasteiger partial charge in [0.2, 0.25) is 5.91 Å². The van der Waals surface area contributed by atoms with E-state index < -0.39 is 0 Å². The van der Waals surface area contributed by atoms with E-state index in [1.165, 1.54) is 11.8 Å². The van der Waals surface area contributed by atoms with E-state index in [1.807, 2.05) is 6.26 Å². The van der Waals surface area contributed by atoms with E-state index in [0.29, 0.717) is 18.9 Å². The van der Waals surface area contributed by atoms with Gasteiger partial charge in [0.05, 0.1) is 19.0 Å². The number of hydrogen-bond donors (Lipinski definition) is 2. The minimum Gasteiger partial charge on any atom is -0.378 e. The fraction of sp³-hybridized carbons (Fsp3) is 0.875. The number of amides is 1. The molecule has 1 saturated heterocycles. The highest BCUT2D eigenvalue weighted by atomic mass is 32.2. The molecule has 1 aliphatic heterocycles. The number of rotatable bonds is 4. The van der Waals surface area contributed by atoms with Crippen LogP contribution in [-0.2, 0) is 9.53 Å². The summed E-state index contributed by atoms with van der Waals surface area (Å²) in [6.07, 6.45) is 1.92. The summed E-state index contributed by atoms with van der Waals surface area (Å²) in [4.78, 5) is 11.1. The normalized spacial score (nSPS) is 22.7. The van der Waals surface area contributed by atoms with Crippen molar-refractivity contribution in [2.24, 2.45) is 0 Å². The highest BCUT2D eigenvalue weighted by molar-refractivity contribution is 7.99.